The van der Waals surface area contributed by atoms with Crippen LogP contribution in [0.15, 0.2) is 24.4 Å². The summed E-state index contributed by atoms with van der Waals surface area (Å²) in [4.78, 5) is 8.92. The summed E-state index contributed by atoms with van der Waals surface area (Å²) in [5.74, 6) is 0.218. The summed E-state index contributed by atoms with van der Waals surface area (Å²) in [6, 6.07) is 5.29. The van der Waals surface area contributed by atoms with E-state index in [-0.39, 0.29) is 5.02 Å². The van der Waals surface area contributed by atoms with Gasteiger partial charge in [-0.05, 0) is 25.0 Å². The van der Waals surface area contributed by atoms with Crippen LogP contribution in [-0.4, -0.2) is 26.2 Å². The number of halogens is 2. The Bertz CT molecular complexity index is 873. The lowest BCUT2D eigenvalue weighted by atomic mass is 9.96. The zero-order valence-corrected chi connectivity index (χ0v) is 13.8. The van der Waals surface area contributed by atoms with Crippen LogP contribution in [0, 0.1) is 5.82 Å². The van der Waals surface area contributed by atoms with Crippen LogP contribution in [0.2, 0.25) is 5.02 Å². The highest BCUT2D eigenvalue weighted by atomic mass is 35.5. The van der Waals surface area contributed by atoms with Gasteiger partial charge in [-0.2, -0.15) is 5.10 Å². The molecule has 4 rings (SSSR count). The van der Waals surface area contributed by atoms with E-state index in [2.05, 4.69) is 25.5 Å². The molecule has 5 nitrogen and oxygen atoms in total. The second kappa shape index (κ2) is 6.36. The third-order valence-electron chi connectivity index (χ3n) is 4.44. The number of hydrogen-bond acceptors (Lipinski definition) is 4. The molecule has 0 amide bonds. The molecule has 7 heteroatoms. The number of aromatic amines is 1. The lowest BCUT2D eigenvalue weighted by molar-refractivity contribution is 0.462. The number of H-pyrrole nitrogens is 1. The van der Waals surface area contributed by atoms with Gasteiger partial charge >= 0.3 is 0 Å². The van der Waals surface area contributed by atoms with E-state index in [4.69, 9.17) is 11.6 Å². The van der Waals surface area contributed by atoms with Gasteiger partial charge in [-0.15, -0.1) is 0 Å². The molecule has 2 aromatic heterocycles. The molecule has 0 saturated heterocycles. The molecule has 1 aliphatic rings. The third-order valence-corrected chi connectivity index (χ3v) is 4.73. The molecule has 0 radical (unpaired) electrons. The van der Waals surface area contributed by atoms with Gasteiger partial charge in [0.25, 0.3) is 0 Å². The number of rotatable bonds is 3. The zero-order chi connectivity index (χ0) is 16.5. The van der Waals surface area contributed by atoms with E-state index in [1.807, 2.05) is 0 Å². The molecule has 0 bridgehead atoms. The maximum atomic E-state index is 14.2. The second-order valence-corrected chi connectivity index (χ2v) is 6.51. The van der Waals surface area contributed by atoms with Gasteiger partial charge in [-0.1, -0.05) is 36.9 Å². The molecule has 2 N–H and O–H groups in total. The first-order valence-corrected chi connectivity index (χ1v) is 8.52. The van der Waals surface area contributed by atoms with E-state index in [1.165, 1.54) is 25.3 Å². The quantitative estimate of drug-likeness (QED) is 0.730. The van der Waals surface area contributed by atoms with Crippen LogP contribution in [-0.2, 0) is 0 Å². The molecule has 2 heterocycles. The van der Waals surface area contributed by atoms with Crippen molar-refractivity contribution < 1.29 is 4.39 Å². The normalized spacial score (nSPS) is 15.8. The molecule has 3 aromatic rings. The minimum atomic E-state index is -0.490. The van der Waals surface area contributed by atoms with Crippen molar-refractivity contribution in [3.8, 4) is 11.3 Å². The molecule has 0 unspecified atom stereocenters. The maximum Gasteiger partial charge on any atom is 0.202 e. The Morgan fingerprint density at radius 2 is 2.04 bits per heavy atom. The third kappa shape index (κ3) is 2.82. The maximum absolute atomic E-state index is 14.2. The lowest BCUT2D eigenvalue weighted by Gasteiger charge is -2.22. The average molecular weight is 346 g/mol. The molecular formula is C17H17ClFN5. The minimum Gasteiger partial charge on any atom is -0.366 e. The Hall–Kier alpha value is -2.21. The van der Waals surface area contributed by atoms with Crippen LogP contribution < -0.4 is 5.32 Å². The summed E-state index contributed by atoms with van der Waals surface area (Å²) in [7, 11) is 0. The molecule has 124 valence electrons. The Balaban J connectivity index is 1.66. The van der Waals surface area contributed by atoms with E-state index in [0.717, 1.165) is 12.8 Å². The molecule has 1 aliphatic carbocycles. The molecule has 1 saturated carbocycles. The van der Waals surface area contributed by atoms with Crippen LogP contribution in [0.3, 0.4) is 0 Å². The summed E-state index contributed by atoms with van der Waals surface area (Å²) >= 11 is 5.86. The first-order valence-electron chi connectivity index (χ1n) is 8.14. The number of fused-ring (bicyclic) bond motifs is 1. The van der Waals surface area contributed by atoms with Crippen molar-refractivity contribution in [1.29, 1.82) is 0 Å². The highest BCUT2D eigenvalue weighted by Crippen LogP contribution is 2.30. The number of aromatic nitrogens is 4. The van der Waals surface area contributed by atoms with E-state index < -0.39 is 5.82 Å². The lowest BCUT2D eigenvalue weighted by Crippen LogP contribution is -2.22. The summed E-state index contributed by atoms with van der Waals surface area (Å²) in [6.45, 7) is 0. The first kappa shape index (κ1) is 15.3. The number of hydrogen-bond donors (Lipinski definition) is 2. The Morgan fingerprint density at radius 3 is 2.88 bits per heavy atom. The van der Waals surface area contributed by atoms with Gasteiger partial charge in [0.1, 0.15) is 11.3 Å². The van der Waals surface area contributed by atoms with Crippen molar-refractivity contribution in [2.45, 2.75) is 38.1 Å². The van der Waals surface area contributed by atoms with E-state index in [1.54, 1.807) is 18.3 Å². The average Bonchev–Trinajstić information content (AvgIpc) is 3.01. The van der Waals surface area contributed by atoms with E-state index in [0.29, 0.717) is 34.3 Å². The smallest absolute Gasteiger partial charge is 0.202 e. The molecule has 24 heavy (non-hydrogen) atoms. The van der Waals surface area contributed by atoms with Crippen LogP contribution in [0.1, 0.15) is 32.1 Å². The summed E-state index contributed by atoms with van der Waals surface area (Å²) in [6.07, 6.45) is 7.77. The van der Waals surface area contributed by atoms with Crippen LogP contribution >= 0.6 is 11.6 Å². The fraction of sp³-hybridized carbons (Fsp3) is 0.353. The number of nitrogens with one attached hydrogen (secondary N) is 2. The minimum absolute atomic E-state index is 0.0683. The second-order valence-electron chi connectivity index (χ2n) is 6.11. The van der Waals surface area contributed by atoms with Crippen molar-refractivity contribution in [3.05, 3.63) is 35.2 Å². The largest absolute Gasteiger partial charge is 0.366 e. The predicted octanol–water partition coefficient (Wildman–Crippen LogP) is 4.56. The van der Waals surface area contributed by atoms with Gasteiger partial charge in [0.05, 0.1) is 16.9 Å². The van der Waals surface area contributed by atoms with Crippen molar-refractivity contribution in [2.24, 2.45) is 0 Å². The zero-order valence-electron chi connectivity index (χ0n) is 13.0. The van der Waals surface area contributed by atoms with Crippen LogP contribution in [0.25, 0.3) is 22.4 Å². The highest BCUT2D eigenvalue weighted by Gasteiger charge is 2.18. The molecular weight excluding hydrogens is 329 g/mol. The van der Waals surface area contributed by atoms with Crippen LogP contribution in [0.4, 0.5) is 10.2 Å². The summed E-state index contributed by atoms with van der Waals surface area (Å²) < 4.78 is 14.2. The molecule has 0 spiro atoms. The highest BCUT2D eigenvalue weighted by molar-refractivity contribution is 6.31. The van der Waals surface area contributed by atoms with Gasteiger partial charge in [-0.3, -0.25) is 5.10 Å². The summed E-state index contributed by atoms with van der Waals surface area (Å²) in [5, 5.41) is 10.5. The standard InChI is InChI=1S/C17H17ClFN5/c18-12-8-4-7-11(14(12)19)15-16-17(24-23-15)22-13(9-20-16)21-10-5-2-1-3-6-10/h4,7-10H,1-3,5-6H2,(H2,21,22,23,24). The van der Waals surface area contributed by atoms with E-state index >= 15 is 0 Å². The molecule has 0 aliphatic heterocycles. The molecule has 1 aromatic carbocycles. The van der Waals surface area contributed by atoms with Crippen molar-refractivity contribution in [1.82, 2.24) is 20.2 Å². The van der Waals surface area contributed by atoms with Crippen molar-refractivity contribution in [2.75, 3.05) is 5.32 Å². The Labute approximate surface area is 143 Å². The van der Waals surface area contributed by atoms with Crippen molar-refractivity contribution in [3.63, 3.8) is 0 Å². The van der Waals surface area contributed by atoms with Gasteiger partial charge in [0.15, 0.2) is 5.82 Å². The number of nitrogens with zero attached hydrogens (tertiary/aromatic N) is 3. The van der Waals surface area contributed by atoms with E-state index in [9.17, 15) is 4.39 Å². The van der Waals surface area contributed by atoms with Gasteiger partial charge < -0.3 is 5.32 Å². The molecule has 0 atom stereocenters. The first-order chi connectivity index (χ1) is 11.7. The van der Waals surface area contributed by atoms with Crippen LogP contribution in [0.5, 0.6) is 0 Å². The Kier molecular flexibility index (Phi) is 4.06. The summed E-state index contributed by atoms with van der Waals surface area (Å²) in [5.41, 5.74) is 1.82. The predicted molar refractivity (Wildman–Crippen MR) is 92.6 cm³/mol. The Morgan fingerprint density at radius 1 is 1.21 bits per heavy atom. The van der Waals surface area contributed by atoms with Gasteiger partial charge in [0, 0.05) is 11.6 Å². The van der Waals surface area contributed by atoms with Crippen molar-refractivity contribution >= 4 is 28.6 Å². The monoisotopic (exact) mass is 345 g/mol. The number of benzene rings is 1. The fourth-order valence-corrected chi connectivity index (χ4v) is 3.38. The SMILES string of the molecule is Fc1c(Cl)cccc1-c1[nH]nc2nc(NC3CCCCC3)cnc12. The van der Waals surface area contributed by atoms with Gasteiger partial charge in [0.2, 0.25) is 5.65 Å². The molecule has 1 fully saturated rings. The van der Waals surface area contributed by atoms with Gasteiger partial charge in [-0.25, -0.2) is 14.4 Å². The topological polar surface area (TPSA) is 66.5 Å². The number of anilines is 1. The fourth-order valence-electron chi connectivity index (χ4n) is 3.21.